The Labute approximate surface area is 103 Å². The average Bonchev–Trinajstić information content (AvgIpc) is 2.81. The molecular formula is C12H14BrNO2. The topological polar surface area (TPSA) is 38.3 Å². The molecule has 0 aliphatic carbocycles. The van der Waals surface area contributed by atoms with E-state index in [-0.39, 0.29) is 11.8 Å². The number of ketones is 1. The number of carbonyl (C=O) groups excluding carboxylic acids is 1. The summed E-state index contributed by atoms with van der Waals surface area (Å²) in [7, 11) is 1.61. The fourth-order valence-corrected chi connectivity index (χ4v) is 2.47. The summed E-state index contributed by atoms with van der Waals surface area (Å²) in [5.74, 6) is 0.912. The van der Waals surface area contributed by atoms with Crippen LogP contribution in [-0.4, -0.2) is 25.5 Å². The van der Waals surface area contributed by atoms with Gasteiger partial charge in [-0.25, -0.2) is 0 Å². The number of ether oxygens (including phenoxy) is 1. The molecular weight excluding hydrogens is 270 g/mol. The number of nitrogens with one attached hydrogen (secondary N) is 1. The normalized spacial score (nSPS) is 19.8. The second-order valence-electron chi connectivity index (χ2n) is 3.86. The number of methoxy groups -OCH3 is 1. The first-order chi connectivity index (χ1) is 7.72. The Bertz CT molecular complexity index is 400. The van der Waals surface area contributed by atoms with E-state index in [2.05, 4.69) is 21.2 Å². The van der Waals surface area contributed by atoms with Gasteiger partial charge >= 0.3 is 0 Å². The molecule has 86 valence electrons. The van der Waals surface area contributed by atoms with Gasteiger partial charge in [0.25, 0.3) is 0 Å². The quantitative estimate of drug-likeness (QED) is 0.866. The van der Waals surface area contributed by atoms with Crippen molar-refractivity contribution in [2.24, 2.45) is 0 Å². The van der Waals surface area contributed by atoms with E-state index < -0.39 is 0 Å². The zero-order chi connectivity index (χ0) is 11.5. The van der Waals surface area contributed by atoms with Gasteiger partial charge in [-0.1, -0.05) is 0 Å². The smallest absolute Gasteiger partial charge is 0.180 e. The summed E-state index contributed by atoms with van der Waals surface area (Å²) >= 11 is 3.41. The van der Waals surface area contributed by atoms with Gasteiger partial charge in [-0.2, -0.15) is 0 Å². The molecule has 0 aromatic heterocycles. The summed E-state index contributed by atoms with van der Waals surface area (Å²) in [6.45, 7) is 0.935. The predicted molar refractivity (Wildman–Crippen MR) is 66.0 cm³/mol. The molecule has 1 unspecified atom stereocenters. The van der Waals surface area contributed by atoms with Gasteiger partial charge in [-0.05, 0) is 53.5 Å². The Morgan fingerprint density at radius 1 is 1.56 bits per heavy atom. The van der Waals surface area contributed by atoms with E-state index in [1.165, 1.54) is 0 Å². The molecule has 16 heavy (non-hydrogen) atoms. The maximum Gasteiger partial charge on any atom is 0.180 e. The Morgan fingerprint density at radius 3 is 2.94 bits per heavy atom. The highest BCUT2D eigenvalue weighted by Gasteiger charge is 2.24. The van der Waals surface area contributed by atoms with E-state index in [1.807, 2.05) is 18.2 Å². The third-order valence-electron chi connectivity index (χ3n) is 2.82. The van der Waals surface area contributed by atoms with Crippen LogP contribution in [0.4, 0.5) is 0 Å². The van der Waals surface area contributed by atoms with E-state index in [9.17, 15) is 4.79 Å². The molecule has 1 fully saturated rings. The van der Waals surface area contributed by atoms with Crippen molar-refractivity contribution in [3.8, 4) is 5.75 Å². The molecule has 1 aromatic rings. The molecule has 3 nitrogen and oxygen atoms in total. The molecule has 1 aliphatic rings. The lowest BCUT2D eigenvalue weighted by molar-refractivity contribution is 0.0951. The summed E-state index contributed by atoms with van der Waals surface area (Å²) < 4.78 is 5.90. The van der Waals surface area contributed by atoms with E-state index in [1.54, 1.807) is 7.11 Å². The number of benzene rings is 1. The van der Waals surface area contributed by atoms with E-state index in [0.29, 0.717) is 0 Å². The molecule has 4 heteroatoms. The van der Waals surface area contributed by atoms with Crippen LogP contribution in [0.3, 0.4) is 0 Å². The zero-order valence-electron chi connectivity index (χ0n) is 9.13. The van der Waals surface area contributed by atoms with Gasteiger partial charge < -0.3 is 10.1 Å². The van der Waals surface area contributed by atoms with Crippen LogP contribution in [0.25, 0.3) is 0 Å². The van der Waals surface area contributed by atoms with Gasteiger partial charge in [0.05, 0.1) is 13.2 Å². The van der Waals surface area contributed by atoms with Gasteiger partial charge in [0.1, 0.15) is 5.75 Å². The van der Waals surface area contributed by atoms with E-state index in [0.717, 1.165) is 35.2 Å². The highest BCUT2D eigenvalue weighted by atomic mass is 79.9. The lowest BCUT2D eigenvalue weighted by Crippen LogP contribution is -2.30. The first-order valence-corrected chi connectivity index (χ1v) is 6.13. The summed E-state index contributed by atoms with van der Waals surface area (Å²) in [6, 6.07) is 5.42. The lowest BCUT2D eigenvalue weighted by Gasteiger charge is -2.11. The molecule has 1 heterocycles. The van der Waals surface area contributed by atoms with Crippen molar-refractivity contribution in [2.75, 3.05) is 13.7 Å². The van der Waals surface area contributed by atoms with Gasteiger partial charge in [-0.3, -0.25) is 4.79 Å². The minimum absolute atomic E-state index is 0.0234. The molecule has 0 bridgehead atoms. The van der Waals surface area contributed by atoms with Crippen molar-refractivity contribution in [3.05, 3.63) is 28.2 Å². The number of halogens is 1. The Balaban J connectivity index is 2.22. The first kappa shape index (κ1) is 11.6. The van der Waals surface area contributed by atoms with Gasteiger partial charge in [0.15, 0.2) is 5.78 Å². The van der Waals surface area contributed by atoms with Crippen molar-refractivity contribution in [1.29, 1.82) is 0 Å². The molecule has 1 aliphatic heterocycles. The molecule has 1 aromatic carbocycles. The first-order valence-electron chi connectivity index (χ1n) is 5.33. The van der Waals surface area contributed by atoms with Crippen LogP contribution in [0.15, 0.2) is 22.7 Å². The number of hydrogen-bond acceptors (Lipinski definition) is 3. The van der Waals surface area contributed by atoms with Gasteiger partial charge in [-0.15, -0.1) is 0 Å². The summed E-state index contributed by atoms with van der Waals surface area (Å²) in [5.41, 5.74) is 0.722. The predicted octanol–water partition coefficient (Wildman–Crippen LogP) is 2.39. The van der Waals surface area contributed by atoms with E-state index >= 15 is 0 Å². The molecule has 0 radical (unpaired) electrons. The van der Waals surface area contributed by atoms with Gasteiger partial charge in [0.2, 0.25) is 0 Å². The molecule has 0 spiro atoms. The Kier molecular flexibility index (Phi) is 3.61. The molecule has 1 saturated heterocycles. The molecule has 1 atom stereocenters. The standard InChI is InChI=1S/C12H14BrNO2/c1-16-8-4-5-9(10(13)7-8)12(15)11-3-2-6-14-11/h4-5,7,11,14H,2-3,6H2,1H3. The van der Waals surface area contributed by atoms with Crippen LogP contribution in [0.2, 0.25) is 0 Å². The second-order valence-corrected chi connectivity index (χ2v) is 4.71. The van der Waals surface area contributed by atoms with E-state index in [4.69, 9.17) is 4.74 Å². The van der Waals surface area contributed by atoms with Crippen LogP contribution in [-0.2, 0) is 0 Å². The third-order valence-corrected chi connectivity index (χ3v) is 3.47. The fourth-order valence-electron chi connectivity index (χ4n) is 1.92. The summed E-state index contributed by atoms with van der Waals surface area (Å²) in [4.78, 5) is 12.1. The highest BCUT2D eigenvalue weighted by Crippen LogP contribution is 2.25. The largest absolute Gasteiger partial charge is 0.497 e. The third kappa shape index (κ3) is 2.28. The van der Waals surface area contributed by atoms with Crippen LogP contribution in [0, 0.1) is 0 Å². The number of rotatable bonds is 3. The van der Waals surface area contributed by atoms with Crippen molar-refractivity contribution in [3.63, 3.8) is 0 Å². The molecule has 0 amide bonds. The maximum atomic E-state index is 12.1. The minimum Gasteiger partial charge on any atom is -0.497 e. The monoisotopic (exact) mass is 283 g/mol. The highest BCUT2D eigenvalue weighted by molar-refractivity contribution is 9.10. The number of carbonyl (C=O) groups is 1. The number of Topliss-reactive ketones (excluding diaryl/α,β-unsaturated/α-hetero) is 1. The SMILES string of the molecule is COc1ccc(C(=O)C2CCCN2)c(Br)c1. The van der Waals surface area contributed by atoms with Crippen molar-refractivity contribution < 1.29 is 9.53 Å². The van der Waals surface area contributed by atoms with Crippen LogP contribution in [0.5, 0.6) is 5.75 Å². The van der Waals surface area contributed by atoms with Crippen molar-refractivity contribution >= 4 is 21.7 Å². The molecule has 0 saturated carbocycles. The maximum absolute atomic E-state index is 12.1. The van der Waals surface area contributed by atoms with Crippen molar-refractivity contribution in [2.45, 2.75) is 18.9 Å². The molecule has 1 N–H and O–H groups in total. The summed E-state index contributed by atoms with van der Waals surface area (Å²) in [5, 5.41) is 3.21. The zero-order valence-corrected chi connectivity index (χ0v) is 10.7. The molecule has 2 rings (SSSR count). The fraction of sp³-hybridized carbons (Fsp3) is 0.417. The van der Waals surface area contributed by atoms with Crippen LogP contribution < -0.4 is 10.1 Å². The Hall–Kier alpha value is -0.870. The minimum atomic E-state index is -0.0234. The lowest BCUT2D eigenvalue weighted by atomic mass is 10.0. The average molecular weight is 284 g/mol. The number of hydrogen-bond donors (Lipinski definition) is 1. The van der Waals surface area contributed by atoms with Crippen LogP contribution >= 0.6 is 15.9 Å². The summed E-state index contributed by atoms with van der Waals surface area (Å²) in [6.07, 6.45) is 2.00. The second kappa shape index (κ2) is 4.97. The van der Waals surface area contributed by atoms with Gasteiger partial charge in [0, 0.05) is 10.0 Å². The Morgan fingerprint density at radius 2 is 2.38 bits per heavy atom. The van der Waals surface area contributed by atoms with Crippen LogP contribution in [0.1, 0.15) is 23.2 Å². The van der Waals surface area contributed by atoms with Crippen molar-refractivity contribution in [1.82, 2.24) is 5.32 Å².